The number of benzene rings is 2. The summed E-state index contributed by atoms with van der Waals surface area (Å²) in [5, 5.41) is 6.30. The van der Waals surface area contributed by atoms with E-state index in [4.69, 9.17) is 5.73 Å². The fraction of sp³-hybridized carbons (Fsp3) is 0.200. The molecule has 0 aliphatic rings. The molecule has 0 aliphatic carbocycles. The summed E-state index contributed by atoms with van der Waals surface area (Å²) < 4.78 is 80.8. The molecule has 0 radical (unpaired) electrons. The van der Waals surface area contributed by atoms with Crippen molar-refractivity contribution >= 4 is 23.3 Å². The Labute approximate surface area is 247 Å². The van der Waals surface area contributed by atoms with Gasteiger partial charge in [-0.05, 0) is 48.9 Å². The number of nitrogen functional groups attached to an aromatic ring is 1. The van der Waals surface area contributed by atoms with E-state index < -0.39 is 35.1 Å². The number of aryl methyl sites for hydroxylation is 1. The number of rotatable bonds is 5. The predicted molar refractivity (Wildman–Crippen MR) is 150 cm³/mol. The number of nitrogens with one attached hydrogen (secondary N) is 1. The van der Waals surface area contributed by atoms with Gasteiger partial charge in [-0.1, -0.05) is 17.9 Å². The summed E-state index contributed by atoms with van der Waals surface area (Å²) in [4.78, 5) is 30.4. The average molecular weight is 615 g/mol. The number of nitrogens with zero attached hydrogens (tertiary/aromatic N) is 4. The zero-order valence-corrected chi connectivity index (χ0v) is 23.4. The van der Waals surface area contributed by atoms with Crippen molar-refractivity contribution in [3.8, 4) is 23.0 Å². The molecule has 2 amide bonds. The van der Waals surface area contributed by atoms with E-state index in [0.29, 0.717) is 39.9 Å². The van der Waals surface area contributed by atoms with Crippen LogP contribution in [0.1, 0.15) is 38.2 Å². The molecule has 44 heavy (non-hydrogen) atoms. The molecule has 228 valence electrons. The van der Waals surface area contributed by atoms with Crippen molar-refractivity contribution in [2.24, 2.45) is 0 Å². The summed E-state index contributed by atoms with van der Waals surface area (Å²) in [6.45, 7) is 1.75. The molecule has 4 rings (SSSR count). The van der Waals surface area contributed by atoms with Crippen LogP contribution in [-0.4, -0.2) is 45.6 Å². The van der Waals surface area contributed by atoms with Crippen LogP contribution in [0.15, 0.2) is 61.1 Å². The third-order valence-corrected chi connectivity index (χ3v) is 6.36. The first kappa shape index (κ1) is 31.6. The van der Waals surface area contributed by atoms with Crippen LogP contribution in [0.4, 0.5) is 37.8 Å². The van der Waals surface area contributed by atoms with Crippen LogP contribution in [0.5, 0.6) is 0 Å². The van der Waals surface area contributed by atoms with Gasteiger partial charge < -0.3 is 16.0 Å². The highest BCUT2D eigenvalue weighted by Crippen LogP contribution is 2.37. The molecule has 2 aromatic heterocycles. The molecule has 2 heterocycles. The minimum absolute atomic E-state index is 0.0248. The number of halogens is 6. The first-order valence-corrected chi connectivity index (χ1v) is 12.7. The Balaban J connectivity index is 1.59. The quantitative estimate of drug-likeness (QED) is 0.225. The minimum atomic E-state index is -5.06. The largest absolute Gasteiger partial charge is 0.416 e. The molecule has 0 bridgehead atoms. The minimum Gasteiger partial charge on any atom is -0.383 e. The third kappa shape index (κ3) is 7.54. The van der Waals surface area contributed by atoms with Crippen molar-refractivity contribution in [2.75, 3.05) is 25.1 Å². The molecule has 0 saturated heterocycles. The molecule has 0 fully saturated rings. The summed E-state index contributed by atoms with van der Waals surface area (Å²) >= 11 is 0. The number of carbonyl (C=O) groups excluding carboxylic acids is 2. The lowest BCUT2D eigenvalue weighted by atomic mass is 10.0. The second kappa shape index (κ2) is 12.1. The first-order chi connectivity index (χ1) is 20.5. The van der Waals surface area contributed by atoms with Crippen LogP contribution in [0.2, 0.25) is 0 Å². The highest BCUT2D eigenvalue weighted by atomic mass is 19.4. The maximum Gasteiger partial charge on any atom is 0.416 e. The van der Waals surface area contributed by atoms with E-state index in [0.717, 1.165) is 0 Å². The van der Waals surface area contributed by atoms with Crippen LogP contribution >= 0.6 is 0 Å². The summed E-state index contributed by atoms with van der Waals surface area (Å²) in [5.74, 6) is 4.82. The number of likely N-dealkylation sites (N-methyl/N-ethyl adjacent to an activating group) is 1. The number of alkyl halides is 6. The van der Waals surface area contributed by atoms with E-state index in [2.05, 4.69) is 27.2 Å². The summed E-state index contributed by atoms with van der Waals surface area (Å²) in [7, 11) is 3.27. The van der Waals surface area contributed by atoms with E-state index in [1.54, 1.807) is 39.5 Å². The van der Waals surface area contributed by atoms with Crippen molar-refractivity contribution in [2.45, 2.75) is 25.8 Å². The second-order valence-electron chi connectivity index (χ2n) is 9.90. The Hall–Kier alpha value is -5.32. The lowest BCUT2D eigenvalue weighted by Crippen LogP contribution is -2.26. The second-order valence-corrected chi connectivity index (χ2v) is 9.90. The number of carbonyl (C=O) groups is 2. The van der Waals surface area contributed by atoms with Crippen LogP contribution < -0.4 is 11.1 Å². The summed E-state index contributed by atoms with van der Waals surface area (Å²) in [6.07, 6.45) is -5.38. The van der Waals surface area contributed by atoms with E-state index in [1.165, 1.54) is 34.0 Å². The zero-order chi connectivity index (χ0) is 32.4. The summed E-state index contributed by atoms with van der Waals surface area (Å²) in [6, 6.07) is 6.75. The summed E-state index contributed by atoms with van der Waals surface area (Å²) in [5.41, 5.74) is 4.81. The van der Waals surface area contributed by atoms with E-state index in [1.807, 2.05) is 0 Å². The highest BCUT2D eigenvalue weighted by Gasteiger charge is 2.37. The third-order valence-electron chi connectivity index (χ3n) is 6.36. The molecular formula is C30H24F6N6O2. The number of pyridine rings is 1. The van der Waals surface area contributed by atoms with Crippen molar-refractivity contribution in [1.82, 2.24) is 19.7 Å². The fourth-order valence-electron chi connectivity index (χ4n) is 3.88. The lowest BCUT2D eigenvalue weighted by molar-refractivity contribution is -0.143. The number of nitrogens with two attached hydrogens (primary N) is 1. The smallest absolute Gasteiger partial charge is 0.383 e. The Bertz CT molecular complexity index is 1770. The van der Waals surface area contributed by atoms with Crippen LogP contribution in [0.3, 0.4) is 0 Å². The van der Waals surface area contributed by atoms with Crippen molar-refractivity contribution < 1.29 is 35.9 Å². The highest BCUT2D eigenvalue weighted by molar-refractivity contribution is 6.04. The van der Waals surface area contributed by atoms with Gasteiger partial charge in [0.2, 0.25) is 5.91 Å². The molecule has 2 aromatic carbocycles. The monoisotopic (exact) mass is 614 g/mol. The molecule has 0 spiro atoms. The van der Waals surface area contributed by atoms with Gasteiger partial charge in [0.1, 0.15) is 12.4 Å². The molecule has 0 saturated carbocycles. The van der Waals surface area contributed by atoms with Crippen LogP contribution in [0, 0.1) is 18.8 Å². The molecule has 4 aromatic rings. The predicted octanol–water partition coefficient (Wildman–Crippen LogP) is 5.61. The van der Waals surface area contributed by atoms with Gasteiger partial charge in [0.05, 0.1) is 22.9 Å². The van der Waals surface area contributed by atoms with E-state index in [9.17, 15) is 35.9 Å². The molecule has 0 aliphatic heterocycles. The van der Waals surface area contributed by atoms with E-state index >= 15 is 0 Å². The fourth-order valence-corrected chi connectivity index (χ4v) is 3.88. The molecule has 0 atom stereocenters. The molecule has 3 N–H and O–H groups in total. The lowest BCUT2D eigenvalue weighted by Gasteiger charge is -2.15. The molecule has 8 nitrogen and oxygen atoms in total. The van der Waals surface area contributed by atoms with Gasteiger partial charge in [-0.25, -0.2) is 4.98 Å². The number of aromatic nitrogens is 3. The van der Waals surface area contributed by atoms with Gasteiger partial charge in [-0.2, -0.15) is 31.4 Å². The number of hydrogen-bond acceptors (Lipinski definition) is 5. The Morgan fingerprint density at radius 3 is 2.16 bits per heavy atom. The standard InChI is InChI=1S/C30H24F6N6O2/c1-17-4-5-20(28(44)40-25-11-23(29(31,32)33)10-24(12-25)30(34,35)36)8-18(17)6-7-19-9-21(13-38-27(19)37)22-14-39-42(15-22)16-26(43)41(2)3/h4-5,8-15H,16H2,1-3H3,(H2,37,38)(H,40,44). The van der Waals surface area contributed by atoms with Gasteiger partial charge in [0, 0.05) is 54.4 Å². The Morgan fingerprint density at radius 1 is 0.909 bits per heavy atom. The Kier molecular flexibility index (Phi) is 8.71. The van der Waals surface area contributed by atoms with Gasteiger partial charge in [-0.3, -0.25) is 14.3 Å². The topological polar surface area (TPSA) is 106 Å². The number of anilines is 2. The van der Waals surface area contributed by atoms with Gasteiger partial charge >= 0.3 is 12.4 Å². The number of amides is 2. The normalized spacial score (nSPS) is 11.5. The number of hydrogen-bond donors (Lipinski definition) is 2. The maximum absolute atomic E-state index is 13.2. The van der Waals surface area contributed by atoms with Crippen molar-refractivity contribution in [3.63, 3.8) is 0 Å². The van der Waals surface area contributed by atoms with Crippen molar-refractivity contribution in [1.29, 1.82) is 0 Å². The SMILES string of the molecule is Cc1ccc(C(=O)Nc2cc(C(F)(F)F)cc(C(F)(F)F)c2)cc1C#Cc1cc(-c2cnn(CC(=O)N(C)C)c2)cnc1N. The van der Waals surface area contributed by atoms with E-state index in [-0.39, 0.29) is 29.9 Å². The average Bonchev–Trinajstić information content (AvgIpc) is 3.40. The maximum atomic E-state index is 13.2. The van der Waals surface area contributed by atoms with Gasteiger partial charge in [0.15, 0.2) is 0 Å². The van der Waals surface area contributed by atoms with Crippen molar-refractivity contribution in [3.05, 3.63) is 94.4 Å². The molecule has 0 unspecified atom stereocenters. The molecular weight excluding hydrogens is 590 g/mol. The van der Waals surface area contributed by atoms with Gasteiger partial charge in [0.25, 0.3) is 5.91 Å². The van der Waals surface area contributed by atoms with Crippen LogP contribution in [0.25, 0.3) is 11.1 Å². The zero-order valence-electron chi connectivity index (χ0n) is 23.4. The molecule has 14 heteroatoms. The first-order valence-electron chi connectivity index (χ1n) is 12.7. The Morgan fingerprint density at radius 2 is 1.55 bits per heavy atom. The van der Waals surface area contributed by atoms with Gasteiger partial charge in [-0.15, -0.1) is 0 Å². The van der Waals surface area contributed by atoms with Crippen LogP contribution in [-0.2, 0) is 23.7 Å².